The molecule has 4 nitrogen and oxygen atoms in total. The molecule has 2 aromatic carbocycles. The lowest BCUT2D eigenvalue weighted by molar-refractivity contribution is -0.131. The molecule has 0 aliphatic heterocycles. The Kier molecular flexibility index (Phi) is 7.18. The highest BCUT2D eigenvalue weighted by Gasteiger charge is 2.37. The van der Waals surface area contributed by atoms with Crippen LogP contribution in [0.25, 0.3) is 17.2 Å². The van der Waals surface area contributed by atoms with Crippen molar-refractivity contribution >= 4 is 12.0 Å². The summed E-state index contributed by atoms with van der Waals surface area (Å²) in [5.41, 5.74) is 8.13. The maximum absolute atomic E-state index is 10.9. The van der Waals surface area contributed by atoms with Gasteiger partial charge in [-0.05, 0) is 89.1 Å². The molecule has 0 radical (unpaired) electrons. The van der Waals surface area contributed by atoms with E-state index in [9.17, 15) is 4.79 Å². The van der Waals surface area contributed by atoms with Gasteiger partial charge in [-0.1, -0.05) is 52.0 Å². The van der Waals surface area contributed by atoms with Gasteiger partial charge < -0.3 is 14.6 Å². The van der Waals surface area contributed by atoms with Gasteiger partial charge in [-0.15, -0.1) is 0 Å². The first-order valence-corrected chi connectivity index (χ1v) is 11.5. The zero-order valence-corrected chi connectivity index (χ0v) is 20.9. The van der Waals surface area contributed by atoms with Gasteiger partial charge in [0.2, 0.25) is 0 Å². The molecule has 0 atom stereocenters. The highest BCUT2D eigenvalue weighted by atomic mass is 16.7. The van der Waals surface area contributed by atoms with E-state index < -0.39 is 5.97 Å². The minimum absolute atomic E-state index is 0.108. The molecule has 0 aromatic heterocycles. The van der Waals surface area contributed by atoms with Gasteiger partial charge in [-0.25, -0.2) is 4.79 Å². The van der Waals surface area contributed by atoms with Crippen LogP contribution in [0.1, 0.15) is 69.7 Å². The largest absolute Gasteiger partial charge is 0.478 e. The Balaban J connectivity index is 2.15. The predicted molar refractivity (Wildman–Crippen MR) is 135 cm³/mol. The Morgan fingerprint density at radius 1 is 1.03 bits per heavy atom. The Hall–Kier alpha value is -2.85. The van der Waals surface area contributed by atoms with E-state index in [-0.39, 0.29) is 17.6 Å². The summed E-state index contributed by atoms with van der Waals surface area (Å²) in [4.78, 5) is 10.9. The topological polar surface area (TPSA) is 55.8 Å². The molecular weight excluding hydrogens is 412 g/mol. The number of aryl methyl sites for hydroxylation is 1. The Labute approximate surface area is 197 Å². The lowest BCUT2D eigenvalue weighted by Gasteiger charge is -2.42. The molecule has 33 heavy (non-hydrogen) atoms. The van der Waals surface area contributed by atoms with E-state index in [1.807, 2.05) is 24.3 Å². The molecule has 1 N–H and O–H groups in total. The molecule has 0 saturated heterocycles. The monoisotopic (exact) mass is 448 g/mol. The van der Waals surface area contributed by atoms with Gasteiger partial charge in [-0.2, -0.15) is 0 Å². The van der Waals surface area contributed by atoms with Gasteiger partial charge in [0.1, 0.15) is 5.75 Å². The molecule has 1 aliphatic carbocycles. The number of allylic oxidation sites excluding steroid dienone is 2. The minimum atomic E-state index is -0.948. The van der Waals surface area contributed by atoms with Crippen molar-refractivity contribution < 1.29 is 19.4 Å². The fourth-order valence-corrected chi connectivity index (χ4v) is 4.59. The molecule has 4 heteroatoms. The number of carboxylic acids is 1. The molecule has 0 saturated carbocycles. The molecule has 2 aromatic rings. The lowest BCUT2D eigenvalue weighted by Crippen LogP contribution is -2.34. The smallest absolute Gasteiger partial charge is 0.328 e. The van der Waals surface area contributed by atoms with E-state index in [0.717, 1.165) is 28.9 Å². The summed E-state index contributed by atoms with van der Waals surface area (Å²) < 4.78 is 11.1. The van der Waals surface area contributed by atoms with Crippen molar-refractivity contribution in [1.29, 1.82) is 0 Å². The Bertz CT molecular complexity index is 1100. The zero-order valence-electron chi connectivity index (χ0n) is 20.9. The van der Waals surface area contributed by atoms with Gasteiger partial charge in [0, 0.05) is 18.7 Å². The van der Waals surface area contributed by atoms with Crippen molar-refractivity contribution in [3.8, 4) is 16.9 Å². The molecule has 0 unspecified atom stereocenters. The zero-order chi connectivity index (χ0) is 24.4. The third kappa shape index (κ3) is 5.56. The summed E-state index contributed by atoms with van der Waals surface area (Å²) in [6.07, 6.45) is 7.27. The second-order valence-corrected chi connectivity index (χ2v) is 10.3. The van der Waals surface area contributed by atoms with Crippen LogP contribution in [-0.2, 0) is 20.4 Å². The van der Waals surface area contributed by atoms with Gasteiger partial charge in [-0.3, -0.25) is 0 Å². The van der Waals surface area contributed by atoms with E-state index in [1.165, 1.54) is 29.2 Å². The molecule has 0 spiro atoms. The summed E-state index contributed by atoms with van der Waals surface area (Å²) in [7, 11) is 1.61. The Morgan fingerprint density at radius 3 is 2.27 bits per heavy atom. The van der Waals surface area contributed by atoms with E-state index in [1.54, 1.807) is 14.0 Å². The molecule has 0 heterocycles. The van der Waals surface area contributed by atoms with Crippen LogP contribution in [-0.4, -0.2) is 25.0 Å². The summed E-state index contributed by atoms with van der Waals surface area (Å²) in [6.45, 7) is 13.5. The van der Waals surface area contributed by atoms with Crippen molar-refractivity contribution in [3.63, 3.8) is 0 Å². The summed E-state index contributed by atoms with van der Waals surface area (Å²) >= 11 is 0. The second-order valence-electron chi connectivity index (χ2n) is 10.3. The van der Waals surface area contributed by atoms with Crippen LogP contribution in [0.15, 0.2) is 48.1 Å². The fourth-order valence-electron chi connectivity index (χ4n) is 4.59. The molecule has 3 rings (SSSR count). The van der Waals surface area contributed by atoms with E-state index in [4.69, 9.17) is 14.6 Å². The average molecular weight is 449 g/mol. The molecule has 1 aliphatic rings. The van der Waals surface area contributed by atoms with Gasteiger partial charge in [0.25, 0.3) is 0 Å². The predicted octanol–water partition coefficient (Wildman–Crippen LogP) is 7.04. The van der Waals surface area contributed by atoms with Gasteiger partial charge in [0.15, 0.2) is 6.79 Å². The number of rotatable bonds is 7. The summed E-state index contributed by atoms with van der Waals surface area (Å²) in [5.74, 6) is -0.181. The highest BCUT2D eigenvalue weighted by molar-refractivity contribution is 5.82. The third-order valence-electron chi connectivity index (χ3n) is 6.71. The van der Waals surface area contributed by atoms with Crippen molar-refractivity contribution in [2.45, 2.75) is 65.2 Å². The normalized spacial score (nSPS) is 17.1. The third-order valence-corrected chi connectivity index (χ3v) is 6.71. The highest BCUT2D eigenvalue weighted by Crippen LogP contribution is 2.48. The first-order valence-electron chi connectivity index (χ1n) is 11.5. The number of methoxy groups -OCH3 is 1. The van der Waals surface area contributed by atoms with Crippen LogP contribution >= 0.6 is 0 Å². The van der Waals surface area contributed by atoms with Crippen molar-refractivity contribution in [2.24, 2.45) is 0 Å². The van der Waals surface area contributed by atoms with Crippen LogP contribution in [0, 0.1) is 6.92 Å². The van der Waals surface area contributed by atoms with Crippen molar-refractivity contribution in [3.05, 3.63) is 70.3 Å². The summed E-state index contributed by atoms with van der Waals surface area (Å²) in [5, 5.41) is 8.96. The first kappa shape index (κ1) is 24.8. The molecule has 0 bridgehead atoms. The quantitative estimate of drug-likeness (QED) is 0.280. The SMILES string of the molecule is COCOc1ccc(C=CC(C)=CC(=O)O)cc1-c1cc2c(cc1C)C(C)(C)CCC2(C)C. The van der Waals surface area contributed by atoms with E-state index in [2.05, 4.69) is 52.8 Å². The number of fused-ring (bicyclic) bond motifs is 1. The minimum Gasteiger partial charge on any atom is -0.478 e. The van der Waals surface area contributed by atoms with Crippen molar-refractivity contribution in [1.82, 2.24) is 0 Å². The number of carboxylic acid groups (broad SMARTS) is 1. The molecule has 0 amide bonds. The number of hydrogen-bond acceptors (Lipinski definition) is 3. The van der Waals surface area contributed by atoms with Crippen LogP contribution < -0.4 is 4.74 Å². The van der Waals surface area contributed by atoms with E-state index >= 15 is 0 Å². The maximum Gasteiger partial charge on any atom is 0.328 e. The lowest BCUT2D eigenvalue weighted by atomic mass is 9.62. The second kappa shape index (κ2) is 9.56. The van der Waals surface area contributed by atoms with Gasteiger partial charge in [0.05, 0.1) is 0 Å². The van der Waals surface area contributed by atoms with Crippen molar-refractivity contribution in [2.75, 3.05) is 13.9 Å². The maximum atomic E-state index is 10.9. The van der Waals surface area contributed by atoms with E-state index in [0.29, 0.717) is 5.57 Å². The number of carbonyl (C=O) groups is 1. The first-order chi connectivity index (χ1) is 15.4. The molecule has 0 fully saturated rings. The van der Waals surface area contributed by atoms with Crippen LogP contribution in [0.3, 0.4) is 0 Å². The summed E-state index contributed by atoms with van der Waals surface area (Å²) in [6, 6.07) is 10.7. The number of ether oxygens (including phenoxy) is 2. The standard InChI is InChI=1S/C29H36O4/c1-19(14-27(30)31)8-9-21-10-11-26(33-18-32-7)23(16-21)22-17-25-24(15-20(22)2)28(3,4)12-13-29(25,5)6/h8-11,14-17H,12-13,18H2,1-7H3,(H,30,31). The van der Waals surface area contributed by atoms with Gasteiger partial charge >= 0.3 is 5.97 Å². The Morgan fingerprint density at radius 2 is 1.67 bits per heavy atom. The van der Waals surface area contributed by atoms with Crippen LogP contribution in [0.5, 0.6) is 5.75 Å². The molecular formula is C29H36O4. The fraction of sp³-hybridized carbons (Fsp3) is 0.414. The number of aliphatic carboxylic acids is 1. The molecule has 176 valence electrons. The van der Waals surface area contributed by atoms with Crippen LogP contribution in [0.2, 0.25) is 0 Å². The van der Waals surface area contributed by atoms with Crippen LogP contribution in [0.4, 0.5) is 0 Å². The average Bonchev–Trinajstić information content (AvgIpc) is 2.74. The number of benzene rings is 2. The number of hydrogen-bond donors (Lipinski definition) is 1.